The molecule has 3 rings (SSSR count). The van der Waals surface area contributed by atoms with Crippen molar-refractivity contribution in [2.24, 2.45) is 5.92 Å². The maximum Gasteiger partial charge on any atom is -0.0162 e. The van der Waals surface area contributed by atoms with Gasteiger partial charge in [0, 0.05) is 0 Å². The van der Waals surface area contributed by atoms with E-state index in [4.69, 9.17) is 0 Å². The first kappa shape index (κ1) is 19.9. The van der Waals surface area contributed by atoms with Crippen LogP contribution in [0.4, 0.5) is 0 Å². The number of allylic oxidation sites excluding steroid dienone is 2. The fourth-order valence-corrected chi connectivity index (χ4v) is 4.51. The molecule has 0 aliphatic heterocycles. The Hall–Kier alpha value is -1.82. The fourth-order valence-electron chi connectivity index (χ4n) is 4.51. The van der Waals surface area contributed by atoms with Crippen LogP contribution in [0.2, 0.25) is 0 Å². The van der Waals surface area contributed by atoms with E-state index in [0.717, 1.165) is 24.7 Å². The molecule has 0 heteroatoms. The highest BCUT2D eigenvalue weighted by Crippen LogP contribution is 2.38. The lowest BCUT2D eigenvalue weighted by Gasteiger charge is -2.29. The van der Waals surface area contributed by atoms with Gasteiger partial charge in [0.1, 0.15) is 0 Å². The summed E-state index contributed by atoms with van der Waals surface area (Å²) in [5, 5.41) is 0. The zero-order chi connectivity index (χ0) is 18.9. The topological polar surface area (TPSA) is 0 Å². The summed E-state index contributed by atoms with van der Waals surface area (Å²) >= 11 is 0. The summed E-state index contributed by atoms with van der Waals surface area (Å²) in [7, 11) is 0. The van der Waals surface area contributed by atoms with Crippen molar-refractivity contribution in [2.45, 2.75) is 77.6 Å². The van der Waals surface area contributed by atoms with Crippen LogP contribution < -0.4 is 0 Å². The number of rotatable bonds is 8. The first-order valence-electron chi connectivity index (χ1n) is 11.1. The molecule has 0 nitrogen and oxygen atoms in total. The van der Waals surface area contributed by atoms with Crippen LogP contribution in [0.5, 0.6) is 0 Å². The van der Waals surface area contributed by atoms with Crippen molar-refractivity contribution in [3.05, 3.63) is 71.8 Å². The normalized spacial score (nSPS) is 20.2. The molecule has 0 aromatic heterocycles. The zero-order valence-corrected chi connectivity index (χ0v) is 17.3. The lowest BCUT2D eigenvalue weighted by atomic mass is 9.77. The Morgan fingerprint density at radius 2 is 1.48 bits per heavy atom. The summed E-state index contributed by atoms with van der Waals surface area (Å²) in [6.45, 7) is 4.40. The summed E-state index contributed by atoms with van der Waals surface area (Å²) in [5.74, 6) is 1.78. The highest BCUT2D eigenvalue weighted by molar-refractivity contribution is 5.64. The second-order valence-electron chi connectivity index (χ2n) is 8.29. The van der Waals surface area contributed by atoms with Crippen LogP contribution >= 0.6 is 0 Å². The van der Waals surface area contributed by atoms with Crippen molar-refractivity contribution in [2.75, 3.05) is 0 Å². The van der Waals surface area contributed by atoms with Gasteiger partial charge in [-0.2, -0.15) is 0 Å². The molecule has 1 aliphatic rings. The maximum absolute atomic E-state index is 2.38. The molecule has 0 atom stereocenters. The summed E-state index contributed by atoms with van der Waals surface area (Å²) in [4.78, 5) is 0. The fraction of sp³-hybridized carbons (Fsp3) is 0.481. The Kier molecular flexibility index (Phi) is 7.75. The maximum atomic E-state index is 2.38. The van der Waals surface area contributed by atoms with Crippen LogP contribution in [0.25, 0.3) is 11.1 Å². The van der Waals surface area contributed by atoms with Gasteiger partial charge in [0.25, 0.3) is 0 Å². The number of aryl methyl sites for hydroxylation is 1. The number of hydrogen-bond acceptors (Lipinski definition) is 0. The third-order valence-electron chi connectivity index (χ3n) is 6.32. The molecule has 1 aliphatic carbocycles. The smallest absolute Gasteiger partial charge is 0.0162 e. The van der Waals surface area contributed by atoms with Crippen molar-refractivity contribution in [3.8, 4) is 11.1 Å². The van der Waals surface area contributed by atoms with Crippen LogP contribution in [0.15, 0.2) is 60.7 Å². The van der Waals surface area contributed by atoms with Crippen molar-refractivity contribution >= 4 is 0 Å². The van der Waals surface area contributed by atoms with Crippen LogP contribution in [0, 0.1) is 5.92 Å². The molecule has 0 bridgehead atoms. The monoisotopic (exact) mass is 360 g/mol. The standard InChI is InChI=1S/C27H36/c1-3-5-7-9-23-12-16-25(17-13-23)27-20-18-26(19-21-27)24-14-10-22(11-15-24)8-6-4-2/h3,5,12-13,16-22,24H,4,6-11,14-15H2,1-2H3/b5-3+. The number of unbranched alkanes of at least 4 members (excludes halogenated alkanes) is 1. The number of benzene rings is 2. The Bertz CT molecular complexity index is 682. The third kappa shape index (κ3) is 5.83. The summed E-state index contributed by atoms with van der Waals surface area (Å²) in [6.07, 6.45) is 16.5. The molecule has 0 heterocycles. The molecule has 144 valence electrons. The van der Waals surface area contributed by atoms with Gasteiger partial charge in [-0.1, -0.05) is 86.9 Å². The first-order valence-corrected chi connectivity index (χ1v) is 11.1. The van der Waals surface area contributed by atoms with Crippen LogP contribution in [-0.4, -0.2) is 0 Å². The van der Waals surface area contributed by atoms with Gasteiger partial charge in [-0.05, 0) is 79.5 Å². The highest BCUT2D eigenvalue weighted by Gasteiger charge is 2.21. The van der Waals surface area contributed by atoms with Crippen LogP contribution in [0.1, 0.15) is 82.3 Å². The molecular weight excluding hydrogens is 324 g/mol. The molecule has 0 unspecified atom stereocenters. The van der Waals surface area contributed by atoms with Gasteiger partial charge in [-0.25, -0.2) is 0 Å². The molecule has 27 heavy (non-hydrogen) atoms. The lowest BCUT2D eigenvalue weighted by Crippen LogP contribution is -2.13. The molecule has 0 spiro atoms. The van der Waals surface area contributed by atoms with Gasteiger partial charge in [0.05, 0.1) is 0 Å². The summed E-state index contributed by atoms with van der Waals surface area (Å²) in [5.41, 5.74) is 5.65. The van der Waals surface area contributed by atoms with Gasteiger partial charge in [-0.15, -0.1) is 0 Å². The van der Waals surface area contributed by atoms with E-state index in [1.54, 1.807) is 5.56 Å². The average molecular weight is 361 g/mol. The lowest BCUT2D eigenvalue weighted by molar-refractivity contribution is 0.304. The van der Waals surface area contributed by atoms with Gasteiger partial charge >= 0.3 is 0 Å². The molecule has 0 saturated heterocycles. The number of hydrogen-bond donors (Lipinski definition) is 0. The second-order valence-corrected chi connectivity index (χ2v) is 8.29. The molecular formula is C27H36. The van der Waals surface area contributed by atoms with Gasteiger partial charge in [0.15, 0.2) is 0 Å². The molecule has 1 fully saturated rings. The Morgan fingerprint density at radius 1 is 0.852 bits per heavy atom. The predicted octanol–water partition coefficient (Wildman–Crippen LogP) is 8.33. The molecule has 0 N–H and O–H groups in total. The Labute approximate surface area is 166 Å². The Morgan fingerprint density at radius 3 is 2.07 bits per heavy atom. The molecule has 2 aromatic rings. The minimum atomic E-state index is 0.783. The van der Waals surface area contributed by atoms with E-state index in [2.05, 4.69) is 74.5 Å². The third-order valence-corrected chi connectivity index (χ3v) is 6.32. The largest absolute Gasteiger partial charge is 0.0917 e. The highest BCUT2D eigenvalue weighted by atomic mass is 14.3. The molecule has 0 amide bonds. The van der Waals surface area contributed by atoms with E-state index >= 15 is 0 Å². The van der Waals surface area contributed by atoms with E-state index in [1.165, 1.54) is 61.6 Å². The van der Waals surface area contributed by atoms with Gasteiger partial charge < -0.3 is 0 Å². The van der Waals surface area contributed by atoms with Crippen molar-refractivity contribution in [1.29, 1.82) is 0 Å². The Balaban J connectivity index is 1.56. The van der Waals surface area contributed by atoms with E-state index < -0.39 is 0 Å². The van der Waals surface area contributed by atoms with Crippen molar-refractivity contribution < 1.29 is 0 Å². The molecule has 2 aromatic carbocycles. The van der Waals surface area contributed by atoms with Crippen molar-refractivity contribution in [1.82, 2.24) is 0 Å². The van der Waals surface area contributed by atoms with E-state index in [0.29, 0.717) is 0 Å². The second kappa shape index (κ2) is 10.5. The summed E-state index contributed by atoms with van der Waals surface area (Å²) in [6, 6.07) is 18.5. The minimum Gasteiger partial charge on any atom is -0.0917 e. The molecule has 1 saturated carbocycles. The van der Waals surface area contributed by atoms with E-state index in [1.807, 2.05) is 0 Å². The van der Waals surface area contributed by atoms with E-state index in [-0.39, 0.29) is 0 Å². The van der Waals surface area contributed by atoms with Gasteiger partial charge in [-0.3, -0.25) is 0 Å². The van der Waals surface area contributed by atoms with E-state index in [9.17, 15) is 0 Å². The molecule has 0 radical (unpaired) electrons. The van der Waals surface area contributed by atoms with Gasteiger partial charge in [0.2, 0.25) is 0 Å². The summed E-state index contributed by atoms with van der Waals surface area (Å²) < 4.78 is 0. The predicted molar refractivity (Wildman–Crippen MR) is 119 cm³/mol. The zero-order valence-electron chi connectivity index (χ0n) is 17.3. The van der Waals surface area contributed by atoms with Crippen LogP contribution in [0.3, 0.4) is 0 Å². The first-order chi connectivity index (χ1) is 13.3. The van der Waals surface area contributed by atoms with Crippen LogP contribution in [-0.2, 0) is 6.42 Å². The minimum absolute atomic E-state index is 0.783. The quantitative estimate of drug-likeness (QED) is 0.415. The van der Waals surface area contributed by atoms with Crippen molar-refractivity contribution in [3.63, 3.8) is 0 Å². The average Bonchev–Trinajstić information content (AvgIpc) is 2.73. The SMILES string of the molecule is C/C=C/CCc1ccc(-c2ccc(C3CCC(CCCC)CC3)cc2)cc1.